The highest BCUT2D eigenvalue weighted by Crippen LogP contribution is 2.27. The minimum absolute atomic E-state index is 0.00318. The van der Waals surface area contributed by atoms with Crippen LogP contribution >= 0.6 is 0 Å². The van der Waals surface area contributed by atoms with E-state index in [0.29, 0.717) is 38.5 Å². The van der Waals surface area contributed by atoms with Crippen LogP contribution in [0.3, 0.4) is 0 Å². The molecule has 0 aliphatic carbocycles. The van der Waals surface area contributed by atoms with Crippen LogP contribution in [0, 0.1) is 11.3 Å². The summed E-state index contributed by atoms with van der Waals surface area (Å²) in [5, 5.41) is 17.8. The van der Waals surface area contributed by atoms with E-state index in [1.807, 2.05) is 0 Å². The predicted octanol–water partition coefficient (Wildman–Crippen LogP) is 3.29. The Morgan fingerprint density at radius 3 is 1.52 bits per heavy atom. The molecule has 0 aromatic rings. The maximum atomic E-state index is 13.0. The molecule has 14 nitrogen and oxygen atoms in total. The summed E-state index contributed by atoms with van der Waals surface area (Å²) in [5.74, 6) is -4.50. The average Bonchev–Trinajstić information content (AvgIpc) is 3.02. The van der Waals surface area contributed by atoms with Gasteiger partial charge < -0.3 is 38.6 Å². The maximum Gasteiger partial charge on any atom is 0.333 e. The SMILES string of the molecule is C=C(C)C(=O)OCC(COC(=O)C(C)(C)CC(=C)C(=O)OCC(COC(=O)C(C)C)OC(=O)CCCCCO)OC(=O)CCCCCO. The lowest BCUT2D eigenvalue weighted by Crippen LogP contribution is -2.35. The second-order valence-electron chi connectivity index (χ2n) is 12.3. The Hall–Kier alpha value is -3.78. The molecule has 0 radical (unpaired) electrons. The van der Waals surface area contributed by atoms with Crippen molar-refractivity contribution < 1.29 is 67.4 Å². The first-order chi connectivity index (χ1) is 22.5. The molecule has 2 unspecified atom stereocenters. The number of hydrogen-bond donors (Lipinski definition) is 2. The number of rotatable bonds is 26. The van der Waals surface area contributed by atoms with Gasteiger partial charge in [0.1, 0.15) is 26.4 Å². The summed E-state index contributed by atoms with van der Waals surface area (Å²) >= 11 is 0. The van der Waals surface area contributed by atoms with Gasteiger partial charge in [-0.25, -0.2) is 9.59 Å². The van der Waals surface area contributed by atoms with E-state index in [1.165, 1.54) is 20.8 Å². The Bertz CT molecular complexity index is 1080. The molecule has 14 heteroatoms. The van der Waals surface area contributed by atoms with Crippen LogP contribution in [0.5, 0.6) is 0 Å². The van der Waals surface area contributed by atoms with Gasteiger partial charge in [0.2, 0.25) is 0 Å². The van der Waals surface area contributed by atoms with Crippen molar-refractivity contribution in [2.45, 2.75) is 105 Å². The zero-order chi connectivity index (χ0) is 36.7. The zero-order valence-electron chi connectivity index (χ0n) is 29.0. The first kappa shape index (κ1) is 44.2. The summed E-state index contributed by atoms with van der Waals surface area (Å²) in [6.07, 6.45) is 0.990. The molecule has 0 rings (SSSR count). The van der Waals surface area contributed by atoms with E-state index in [2.05, 4.69) is 13.2 Å². The number of esters is 6. The van der Waals surface area contributed by atoms with E-state index in [9.17, 15) is 28.8 Å². The topological polar surface area (TPSA) is 198 Å². The van der Waals surface area contributed by atoms with Crippen molar-refractivity contribution in [3.63, 3.8) is 0 Å². The van der Waals surface area contributed by atoms with Crippen molar-refractivity contribution in [3.8, 4) is 0 Å². The molecular weight excluding hydrogens is 632 g/mol. The molecule has 2 atom stereocenters. The summed E-state index contributed by atoms with van der Waals surface area (Å²) < 4.78 is 31.6. The quantitative estimate of drug-likeness (QED) is 0.0581. The van der Waals surface area contributed by atoms with E-state index in [4.69, 9.17) is 38.6 Å². The fourth-order valence-electron chi connectivity index (χ4n) is 3.78. The van der Waals surface area contributed by atoms with Gasteiger partial charge in [-0.3, -0.25) is 19.2 Å². The molecule has 0 fully saturated rings. The fourth-order valence-corrected chi connectivity index (χ4v) is 3.78. The number of unbranched alkanes of at least 4 members (excludes halogenated alkanes) is 4. The highest BCUT2D eigenvalue weighted by molar-refractivity contribution is 5.89. The molecule has 274 valence electrons. The van der Waals surface area contributed by atoms with E-state index in [0.717, 1.165) is 0 Å². The van der Waals surface area contributed by atoms with Gasteiger partial charge in [0.05, 0.1) is 11.3 Å². The van der Waals surface area contributed by atoms with Crippen molar-refractivity contribution in [3.05, 3.63) is 24.3 Å². The molecule has 48 heavy (non-hydrogen) atoms. The molecule has 0 saturated heterocycles. The minimum Gasteiger partial charge on any atom is -0.461 e. The summed E-state index contributed by atoms with van der Waals surface area (Å²) in [4.78, 5) is 74.1. The molecule has 0 aliphatic rings. The van der Waals surface area contributed by atoms with Gasteiger partial charge in [-0.05, 0) is 52.9 Å². The zero-order valence-corrected chi connectivity index (χ0v) is 29.0. The van der Waals surface area contributed by atoms with Crippen LogP contribution in [-0.4, -0.2) is 97.9 Å². The van der Waals surface area contributed by atoms with Crippen LogP contribution in [0.25, 0.3) is 0 Å². The Balaban J connectivity index is 5.22. The number of aliphatic hydroxyl groups excluding tert-OH is 2. The van der Waals surface area contributed by atoms with Crippen LogP contribution in [0.1, 0.15) is 92.4 Å². The van der Waals surface area contributed by atoms with Gasteiger partial charge in [0.15, 0.2) is 12.2 Å². The van der Waals surface area contributed by atoms with Crippen molar-refractivity contribution >= 4 is 35.8 Å². The number of hydrogen-bond acceptors (Lipinski definition) is 14. The standard InChI is InChI=1S/C34H54O14/c1-23(2)30(39)43-19-26(47-28(37)14-10-8-12-16-35)21-45-32(41)25(5)18-34(6,7)33(42)46-22-27(20-44-31(40)24(3)4)48-29(38)15-11-9-13-17-36/h23,26-27,35-36H,3,5,8-22H2,1-2,4,6-7H3. The van der Waals surface area contributed by atoms with Crippen LogP contribution in [0.2, 0.25) is 0 Å². The average molecular weight is 687 g/mol. The van der Waals surface area contributed by atoms with Gasteiger partial charge in [-0.15, -0.1) is 0 Å². The minimum atomic E-state index is -1.30. The third-order valence-corrected chi connectivity index (χ3v) is 6.60. The lowest BCUT2D eigenvalue weighted by molar-refractivity contribution is -0.170. The Morgan fingerprint density at radius 1 is 0.646 bits per heavy atom. The van der Waals surface area contributed by atoms with Gasteiger partial charge in [-0.1, -0.05) is 39.8 Å². The predicted molar refractivity (Wildman–Crippen MR) is 172 cm³/mol. The van der Waals surface area contributed by atoms with Gasteiger partial charge in [-0.2, -0.15) is 0 Å². The lowest BCUT2D eigenvalue weighted by atomic mass is 9.86. The second kappa shape index (κ2) is 24.4. The van der Waals surface area contributed by atoms with Gasteiger partial charge in [0, 0.05) is 37.2 Å². The molecule has 0 aromatic heterocycles. The Labute approximate surface area is 283 Å². The van der Waals surface area contributed by atoms with Crippen molar-refractivity contribution in [2.24, 2.45) is 11.3 Å². The van der Waals surface area contributed by atoms with Crippen LogP contribution in [-0.2, 0) is 57.2 Å². The third kappa shape index (κ3) is 20.5. The van der Waals surface area contributed by atoms with Crippen molar-refractivity contribution in [2.75, 3.05) is 39.6 Å². The molecular formula is C34H54O14. The fraction of sp³-hybridized carbons (Fsp3) is 0.706. The second-order valence-corrected chi connectivity index (χ2v) is 12.3. The number of carbonyl (C=O) groups excluding carboxylic acids is 6. The summed E-state index contributed by atoms with van der Waals surface area (Å²) in [6, 6.07) is 0. The highest BCUT2D eigenvalue weighted by atomic mass is 16.6. The van der Waals surface area contributed by atoms with Gasteiger partial charge in [0.25, 0.3) is 0 Å². The van der Waals surface area contributed by atoms with Crippen LogP contribution < -0.4 is 0 Å². The highest BCUT2D eigenvalue weighted by Gasteiger charge is 2.34. The van der Waals surface area contributed by atoms with Crippen molar-refractivity contribution in [1.29, 1.82) is 0 Å². The van der Waals surface area contributed by atoms with Crippen LogP contribution in [0.4, 0.5) is 0 Å². The summed E-state index contributed by atoms with van der Waals surface area (Å²) in [7, 11) is 0. The lowest BCUT2D eigenvalue weighted by Gasteiger charge is -2.25. The maximum absolute atomic E-state index is 13.0. The van der Waals surface area contributed by atoms with Gasteiger partial charge >= 0.3 is 35.8 Å². The number of ether oxygens (including phenoxy) is 6. The molecule has 0 bridgehead atoms. The van der Waals surface area contributed by atoms with Crippen molar-refractivity contribution in [1.82, 2.24) is 0 Å². The van der Waals surface area contributed by atoms with E-state index in [-0.39, 0.29) is 56.8 Å². The first-order valence-electron chi connectivity index (χ1n) is 16.2. The third-order valence-electron chi connectivity index (χ3n) is 6.60. The Kier molecular flexibility index (Phi) is 22.5. The number of carbonyl (C=O) groups is 6. The summed E-state index contributed by atoms with van der Waals surface area (Å²) in [5.41, 5.74) is -1.26. The smallest absolute Gasteiger partial charge is 0.333 e. The summed E-state index contributed by atoms with van der Waals surface area (Å²) in [6.45, 7) is 13.3. The van der Waals surface area contributed by atoms with E-state index in [1.54, 1.807) is 13.8 Å². The van der Waals surface area contributed by atoms with E-state index < -0.39 is 72.6 Å². The molecule has 0 spiro atoms. The molecule has 0 heterocycles. The molecule has 2 N–H and O–H groups in total. The Morgan fingerprint density at radius 2 is 1.08 bits per heavy atom. The molecule has 0 aromatic carbocycles. The van der Waals surface area contributed by atoms with Crippen LogP contribution in [0.15, 0.2) is 24.3 Å². The monoisotopic (exact) mass is 686 g/mol. The first-order valence-corrected chi connectivity index (χ1v) is 16.2. The molecule has 0 amide bonds. The molecule has 0 aliphatic heterocycles. The normalized spacial score (nSPS) is 12.3. The number of aliphatic hydroxyl groups is 2. The molecule has 0 saturated carbocycles. The van der Waals surface area contributed by atoms with E-state index >= 15 is 0 Å². The largest absolute Gasteiger partial charge is 0.461 e.